The third-order valence-corrected chi connectivity index (χ3v) is 2.74. The molecule has 1 aromatic heterocycles. The molecule has 1 aliphatic rings. The fourth-order valence-corrected chi connectivity index (χ4v) is 1.92. The van der Waals surface area contributed by atoms with E-state index in [0.717, 1.165) is 0 Å². The fraction of sp³-hybridized carbons (Fsp3) is 0.250. The first kappa shape index (κ1) is 11.6. The van der Waals surface area contributed by atoms with E-state index in [9.17, 15) is 4.39 Å². The first-order valence-corrected chi connectivity index (χ1v) is 5.59. The maximum absolute atomic E-state index is 14.4. The maximum atomic E-state index is 14.4. The number of nitrogen functional groups attached to an aromatic ring is 1. The van der Waals surface area contributed by atoms with Crippen LogP contribution < -0.4 is 19.9 Å². The predicted molar refractivity (Wildman–Crippen MR) is 63.9 cm³/mol. The number of halogens is 1. The van der Waals surface area contributed by atoms with Gasteiger partial charge in [0.2, 0.25) is 5.88 Å². The molecule has 0 saturated carbocycles. The van der Waals surface area contributed by atoms with E-state index < -0.39 is 5.82 Å². The van der Waals surface area contributed by atoms with E-state index in [0.29, 0.717) is 19.0 Å². The number of hydrogen-bond acceptors (Lipinski definition) is 6. The number of benzene rings is 1. The summed E-state index contributed by atoms with van der Waals surface area (Å²) in [6.07, 6.45) is 0. The quantitative estimate of drug-likeness (QED) is 0.893. The van der Waals surface area contributed by atoms with Crippen LogP contribution in [-0.4, -0.2) is 25.5 Å². The third-order valence-electron chi connectivity index (χ3n) is 2.74. The number of nitrogens with two attached hydrogens (primary N) is 1. The lowest BCUT2D eigenvalue weighted by Crippen LogP contribution is -2.16. The molecule has 0 saturated heterocycles. The molecule has 100 valence electrons. The number of anilines is 1. The minimum atomic E-state index is -0.597. The molecule has 0 spiro atoms. The Morgan fingerprint density at radius 2 is 2.11 bits per heavy atom. The molecule has 1 aliphatic heterocycles. The van der Waals surface area contributed by atoms with Gasteiger partial charge in [-0.2, -0.15) is 0 Å². The highest BCUT2D eigenvalue weighted by Gasteiger charge is 2.26. The van der Waals surface area contributed by atoms with Crippen molar-refractivity contribution in [1.29, 1.82) is 0 Å². The summed E-state index contributed by atoms with van der Waals surface area (Å²) in [5, 5.41) is 3.70. The first-order chi connectivity index (χ1) is 9.20. The van der Waals surface area contributed by atoms with Crippen LogP contribution in [-0.2, 0) is 0 Å². The second kappa shape index (κ2) is 4.34. The molecule has 2 aromatic rings. The zero-order chi connectivity index (χ0) is 13.4. The molecule has 0 bridgehead atoms. The molecule has 0 unspecified atom stereocenters. The molecule has 6 nitrogen and oxygen atoms in total. The van der Waals surface area contributed by atoms with Crippen LogP contribution >= 0.6 is 0 Å². The van der Waals surface area contributed by atoms with Crippen LogP contribution in [0.1, 0.15) is 0 Å². The monoisotopic (exact) mass is 266 g/mol. The average Bonchev–Trinajstić information content (AvgIpc) is 2.84. The summed E-state index contributed by atoms with van der Waals surface area (Å²) in [7, 11) is 1.37. The van der Waals surface area contributed by atoms with E-state index in [1.54, 1.807) is 0 Å². The van der Waals surface area contributed by atoms with Crippen LogP contribution in [0.2, 0.25) is 0 Å². The lowest BCUT2D eigenvalue weighted by atomic mass is 10.1. The van der Waals surface area contributed by atoms with Crippen molar-refractivity contribution in [2.24, 2.45) is 0 Å². The van der Waals surface area contributed by atoms with Crippen LogP contribution in [0.25, 0.3) is 11.3 Å². The topological polar surface area (TPSA) is 79.7 Å². The predicted octanol–water partition coefficient (Wildman–Crippen LogP) is 1.84. The summed E-state index contributed by atoms with van der Waals surface area (Å²) < 4.78 is 35.0. The molecule has 0 radical (unpaired) electrons. The minimum Gasteiger partial charge on any atom is -0.494 e. The molecule has 7 heteroatoms. The number of hydrogen-bond donors (Lipinski definition) is 1. The summed E-state index contributed by atoms with van der Waals surface area (Å²) in [5.74, 6) is 0.211. The molecule has 0 fully saturated rings. The maximum Gasteiger partial charge on any atom is 0.222 e. The third kappa shape index (κ3) is 1.83. The van der Waals surface area contributed by atoms with Crippen molar-refractivity contribution in [2.75, 3.05) is 26.1 Å². The molecule has 0 aliphatic carbocycles. The molecule has 2 heterocycles. The largest absolute Gasteiger partial charge is 0.494 e. The molecular formula is C12H11FN2O4. The van der Waals surface area contributed by atoms with E-state index in [4.69, 9.17) is 24.5 Å². The molecular weight excluding hydrogens is 255 g/mol. The van der Waals surface area contributed by atoms with Crippen molar-refractivity contribution >= 4 is 5.88 Å². The van der Waals surface area contributed by atoms with Gasteiger partial charge in [0.05, 0.1) is 12.7 Å². The summed E-state index contributed by atoms with van der Waals surface area (Å²) in [5.41, 5.74) is 5.81. The van der Waals surface area contributed by atoms with Gasteiger partial charge in [0.15, 0.2) is 23.1 Å². The zero-order valence-electron chi connectivity index (χ0n) is 10.1. The van der Waals surface area contributed by atoms with Gasteiger partial charge in [0, 0.05) is 12.1 Å². The van der Waals surface area contributed by atoms with Gasteiger partial charge in [-0.25, -0.2) is 4.39 Å². The Morgan fingerprint density at radius 3 is 2.79 bits per heavy atom. The molecule has 0 amide bonds. The van der Waals surface area contributed by atoms with E-state index in [2.05, 4.69) is 5.16 Å². The van der Waals surface area contributed by atoms with E-state index >= 15 is 0 Å². The highest BCUT2D eigenvalue weighted by atomic mass is 19.1. The van der Waals surface area contributed by atoms with Crippen molar-refractivity contribution in [2.45, 2.75) is 0 Å². The van der Waals surface area contributed by atoms with Gasteiger partial charge in [0.1, 0.15) is 18.9 Å². The lowest BCUT2D eigenvalue weighted by Gasteiger charge is -2.21. The molecule has 1 aromatic carbocycles. The van der Waals surface area contributed by atoms with Gasteiger partial charge in [0.25, 0.3) is 0 Å². The van der Waals surface area contributed by atoms with Crippen LogP contribution in [0.3, 0.4) is 0 Å². The van der Waals surface area contributed by atoms with Crippen molar-refractivity contribution in [3.63, 3.8) is 0 Å². The Labute approximate surface area is 107 Å². The fourth-order valence-electron chi connectivity index (χ4n) is 1.92. The number of methoxy groups -OCH3 is 1. The average molecular weight is 266 g/mol. The lowest BCUT2D eigenvalue weighted by molar-refractivity contribution is 0.170. The summed E-state index contributed by atoms with van der Waals surface area (Å²) in [6.45, 7) is 0.723. The SMILES string of the molecule is COc1cc2c(c(-c3cc(N)on3)c1F)OCCO2. The Hall–Kier alpha value is -2.44. The summed E-state index contributed by atoms with van der Waals surface area (Å²) in [4.78, 5) is 0. The zero-order valence-corrected chi connectivity index (χ0v) is 10.1. The van der Waals surface area contributed by atoms with Gasteiger partial charge in [-0.3, -0.25) is 0 Å². The second-order valence-electron chi connectivity index (χ2n) is 3.91. The minimum absolute atomic E-state index is 0.0424. The standard InChI is InChI=1S/C12H11FN2O4/c1-16-7-5-8-12(18-3-2-17-8)10(11(7)13)6-4-9(14)19-15-6/h4-5H,2-3,14H2,1H3. The highest BCUT2D eigenvalue weighted by Crippen LogP contribution is 2.45. The molecule has 2 N–H and O–H groups in total. The Morgan fingerprint density at radius 1 is 1.32 bits per heavy atom. The van der Waals surface area contributed by atoms with E-state index in [1.165, 1.54) is 19.2 Å². The number of nitrogens with zero attached hydrogens (tertiary/aromatic N) is 1. The van der Waals surface area contributed by atoms with E-state index in [1.807, 2.05) is 0 Å². The second-order valence-corrected chi connectivity index (χ2v) is 3.91. The summed E-state index contributed by atoms with van der Waals surface area (Å²) in [6, 6.07) is 2.85. The molecule has 19 heavy (non-hydrogen) atoms. The molecule has 3 rings (SSSR count). The van der Waals surface area contributed by atoms with Gasteiger partial charge >= 0.3 is 0 Å². The Bertz CT molecular complexity index is 626. The number of rotatable bonds is 2. The van der Waals surface area contributed by atoms with Crippen LogP contribution in [0, 0.1) is 5.82 Å². The van der Waals surface area contributed by atoms with Gasteiger partial charge in [-0.15, -0.1) is 0 Å². The first-order valence-electron chi connectivity index (χ1n) is 5.59. The summed E-state index contributed by atoms with van der Waals surface area (Å²) >= 11 is 0. The van der Waals surface area contributed by atoms with Gasteiger partial charge in [-0.05, 0) is 0 Å². The molecule has 0 atom stereocenters. The van der Waals surface area contributed by atoms with E-state index in [-0.39, 0.29) is 28.6 Å². The number of ether oxygens (including phenoxy) is 3. The van der Waals surface area contributed by atoms with Crippen molar-refractivity contribution < 1.29 is 23.1 Å². The highest BCUT2D eigenvalue weighted by molar-refractivity contribution is 5.75. The van der Waals surface area contributed by atoms with Gasteiger partial charge in [-0.1, -0.05) is 5.16 Å². The van der Waals surface area contributed by atoms with Crippen molar-refractivity contribution in [3.8, 4) is 28.5 Å². The number of fused-ring (bicyclic) bond motifs is 1. The van der Waals surface area contributed by atoms with Crippen molar-refractivity contribution in [3.05, 3.63) is 17.9 Å². The number of aromatic nitrogens is 1. The van der Waals surface area contributed by atoms with Crippen LogP contribution in [0.4, 0.5) is 10.3 Å². The van der Waals surface area contributed by atoms with Crippen LogP contribution in [0.15, 0.2) is 16.7 Å². The van der Waals surface area contributed by atoms with Gasteiger partial charge < -0.3 is 24.5 Å². The normalized spacial score (nSPS) is 13.4. The Balaban J connectivity index is 2.25. The van der Waals surface area contributed by atoms with Crippen LogP contribution in [0.5, 0.6) is 17.2 Å². The Kier molecular flexibility index (Phi) is 2.66. The van der Waals surface area contributed by atoms with Crippen molar-refractivity contribution in [1.82, 2.24) is 5.16 Å². The smallest absolute Gasteiger partial charge is 0.222 e.